The first-order chi connectivity index (χ1) is 7.63. The Morgan fingerprint density at radius 2 is 2.19 bits per heavy atom. The van der Waals surface area contributed by atoms with Gasteiger partial charge in [-0.25, -0.2) is 0 Å². The van der Waals surface area contributed by atoms with Crippen molar-refractivity contribution in [2.45, 2.75) is 19.4 Å². The van der Waals surface area contributed by atoms with Gasteiger partial charge in [-0.3, -0.25) is 0 Å². The lowest BCUT2D eigenvalue weighted by Crippen LogP contribution is -2.21. The quantitative estimate of drug-likeness (QED) is 0.875. The Balaban J connectivity index is 3.02. The largest absolute Gasteiger partial charge is 0.496 e. The minimum absolute atomic E-state index is 0.0649. The highest BCUT2D eigenvalue weighted by Gasteiger charge is 2.21. The first kappa shape index (κ1) is 13.5. The van der Waals surface area contributed by atoms with E-state index in [0.717, 1.165) is 16.5 Å². The molecule has 0 aliphatic carbocycles. The number of hydrogen-bond donors (Lipinski definition) is 2. The predicted molar refractivity (Wildman–Crippen MR) is 68.5 cm³/mol. The van der Waals surface area contributed by atoms with E-state index in [-0.39, 0.29) is 5.92 Å². The van der Waals surface area contributed by atoms with E-state index in [9.17, 15) is 5.11 Å². The van der Waals surface area contributed by atoms with Gasteiger partial charge in [0.1, 0.15) is 5.75 Å². The summed E-state index contributed by atoms with van der Waals surface area (Å²) in [7, 11) is 1.60. The van der Waals surface area contributed by atoms with Gasteiger partial charge in [-0.2, -0.15) is 0 Å². The molecule has 0 amide bonds. The van der Waals surface area contributed by atoms with Crippen LogP contribution in [0.5, 0.6) is 5.75 Å². The van der Waals surface area contributed by atoms with E-state index < -0.39 is 6.10 Å². The van der Waals surface area contributed by atoms with E-state index in [1.165, 1.54) is 0 Å². The Kier molecular flexibility index (Phi) is 5.25. The monoisotopic (exact) mass is 287 g/mol. The molecule has 0 bridgehead atoms. The molecule has 1 aromatic carbocycles. The normalized spacial score (nSPS) is 14.6. The minimum Gasteiger partial charge on any atom is -0.496 e. The van der Waals surface area contributed by atoms with E-state index in [0.29, 0.717) is 12.3 Å². The summed E-state index contributed by atoms with van der Waals surface area (Å²) < 4.78 is 6.19. The van der Waals surface area contributed by atoms with Crippen molar-refractivity contribution in [1.82, 2.24) is 0 Å². The van der Waals surface area contributed by atoms with Crippen LogP contribution in [-0.2, 0) is 0 Å². The summed E-state index contributed by atoms with van der Waals surface area (Å²) in [4.78, 5) is 0. The molecule has 1 rings (SSSR count). The van der Waals surface area contributed by atoms with E-state index >= 15 is 0 Å². The van der Waals surface area contributed by atoms with Crippen LogP contribution in [0.1, 0.15) is 25.0 Å². The van der Waals surface area contributed by atoms with Crippen molar-refractivity contribution in [3.63, 3.8) is 0 Å². The summed E-state index contributed by atoms with van der Waals surface area (Å²) in [5, 5.41) is 10.2. The van der Waals surface area contributed by atoms with Gasteiger partial charge < -0.3 is 15.6 Å². The highest BCUT2D eigenvalue weighted by Crippen LogP contribution is 2.33. The van der Waals surface area contributed by atoms with Crippen molar-refractivity contribution >= 4 is 15.9 Å². The maximum Gasteiger partial charge on any atom is 0.125 e. The Hall–Kier alpha value is -0.580. The topological polar surface area (TPSA) is 55.5 Å². The summed E-state index contributed by atoms with van der Waals surface area (Å²) in [5.74, 6) is 0.754. The minimum atomic E-state index is -0.571. The van der Waals surface area contributed by atoms with Gasteiger partial charge in [0.2, 0.25) is 0 Å². The molecule has 0 spiro atoms. The Morgan fingerprint density at radius 3 is 2.69 bits per heavy atom. The van der Waals surface area contributed by atoms with Crippen molar-refractivity contribution in [3.05, 3.63) is 28.2 Å². The number of aliphatic hydroxyl groups is 1. The molecule has 1 aromatic rings. The first-order valence-electron chi connectivity index (χ1n) is 5.35. The molecular formula is C12H18BrNO2. The molecule has 0 fully saturated rings. The summed E-state index contributed by atoms with van der Waals surface area (Å²) in [6.07, 6.45) is 0.273. The van der Waals surface area contributed by atoms with Gasteiger partial charge in [-0.15, -0.1) is 0 Å². The second-order valence-electron chi connectivity index (χ2n) is 3.74. The van der Waals surface area contributed by atoms with Gasteiger partial charge in [0, 0.05) is 16.0 Å². The second-order valence-corrected chi connectivity index (χ2v) is 4.65. The molecule has 0 aliphatic rings. The number of rotatable bonds is 5. The molecule has 0 saturated carbocycles. The van der Waals surface area contributed by atoms with Gasteiger partial charge in [0.25, 0.3) is 0 Å². The van der Waals surface area contributed by atoms with Crippen molar-refractivity contribution < 1.29 is 9.84 Å². The number of nitrogens with two attached hydrogens (primary N) is 1. The van der Waals surface area contributed by atoms with Crippen LogP contribution in [0.15, 0.2) is 22.7 Å². The maximum absolute atomic E-state index is 10.2. The molecule has 2 unspecified atom stereocenters. The predicted octanol–water partition coefficient (Wildman–Crippen LogP) is 2.48. The molecule has 3 nitrogen and oxygen atoms in total. The fraction of sp³-hybridized carbons (Fsp3) is 0.500. The van der Waals surface area contributed by atoms with Crippen LogP contribution in [0, 0.1) is 5.92 Å². The zero-order chi connectivity index (χ0) is 12.1. The molecule has 2 atom stereocenters. The molecule has 90 valence electrons. The lowest BCUT2D eigenvalue weighted by atomic mass is 9.93. The molecule has 16 heavy (non-hydrogen) atoms. The highest BCUT2D eigenvalue weighted by atomic mass is 79.9. The van der Waals surface area contributed by atoms with E-state index in [1.54, 1.807) is 7.11 Å². The van der Waals surface area contributed by atoms with E-state index in [4.69, 9.17) is 10.5 Å². The lowest BCUT2D eigenvalue weighted by molar-refractivity contribution is 0.107. The van der Waals surface area contributed by atoms with Crippen molar-refractivity contribution in [2.24, 2.45) is 11.7 Å². The summed E-state index contributed by atoms with van der Waals surface area (Å²) >= 11 is 3.37. The molecule has 0 saturated heterocycles. The van der Waals surface area contributed by atoms with Crippen LogP contribution in [0.25, 0.3) is 0 Å². The summed E-state index contributed by atoms with van der Waals surface area (Å²) in [6, 6.07) is 5.61. The van der Waals surface area contributed by atoms with Crippen molar-refractivity contribution in [3.8, 4) is 5.75 Å². The fourth-order valence-corrected chi connectivity index (χ4v) is 2.04. The van der Waals surface area contributed by atoms with Crippen LogP contribution in [0.2, 0.25) is 0 Å². The van der Waals surface area contributed by atoms with Crippen molar-refractivity contribution in [1.29, 1.82) is 0 Å². The summed E-state index contributed by atoms with van der Waals surface area (Å²) in [6.45, 7) is 2.49. The molecule has 3 N–H and O–H groups in total. The molecule has 0 aliphatic heterocycles. The maximum atomic E-state index is 10.2. The first-order valence-corrected chi connectivity index (χ1v) is 6.14. The zero-order valence-corrected chi connectivity index (χ0v) is 11.2. The second kappa shape index (κ2) is 6.23. The Labute approximate surface area is 105 Å². The van der Waals surface area contributed by atoms with Gasteiger partial charge in [0.05, 0.1) is 13.2 Å². The van der Waals surface area contributed by atoms with Crippen LogP contribution in [-0.4, -0.2) is 18.8 Å². The third-order valence-electron chi connectivity index (χ3n) is 2.79. The fourth-order valence-electron chi connectivity index (χ4n) is 1.70. The van der Waals surface area contributed by atoms with Crippen molar-refractivity contribution in [2.75, 3.05) is 13.7 Å². The standard InChI is InChI=1S/C12H18BrNO2/c1-3-8(7-14)12(15)10-5-4-9(13)6-11(10)16-2/h4-6,8,12,15H,3,7,14H2,1-2H3. The molecule has 0 heterocycles. The summed E-state index contributed by atoms with van der Waals surface area (Å²) in [5.41, 5.74) is 6.43. The van der Waals surface area contributed by atoms with Crippen LogP contribution in [0.3, 0.4) is 0 Å². The number of aliphatic hydroxyl groups excluding tert-OH is 1. The van der Waals surface area contributed by atoms with Gasteiger partial charge in [0.15, 0.2) is 0 Å². The van der Waals surface area contributed by atoms with Gasteiger partial charge >= 0.3 is 0 Å². The van der Waals surface area contributed by atoms with Gasteiger partial charge in [-0.05, 0) is 25.1 Å². The number of halogens is 1. The zero-order valence-electron chi connectivity index (χ0n) is 9.61. The third kappa shape index (κ3) is 2.97. The third-order valence-corrected chi connectivity index (χ3v) is 3.28. The van der Waals surface area contributed by atoms with E-state index in [2.05, 4.69) is 15.9 Å². The molecule has 0 aromatic heterocycles. The smallest absolute Gasteiger partial charge is 0.125 e. The molecular weight excluding hydrogens is 270 g/mol. The van der Waals surface area contributed by atoms with Crippen LogP contribution in [0.4, 0.5) is 0 Å². The van der Waals surface area contributed by atoms with E-state index in [1.807, 2.05) is 25.1 Å². The number of ether oxygens (including phenoxy) is 1. The lowest BCUT2D eigenvalue weighted by Gasteiger charge is -2.22. The van der Waals surface area contributed by atoms with Gasteiger partial charge in [-0.1, -0.05) is 28.9 Å². The Bertz CT molecular complexity index is 340. The SMILES string of the molecule is CCC(CN)C(O)c1ccc(Br)cc1OC. The number of benzene rings is 1. The Morgan fingerprint density at radius 1 is 1.50 bits per heavy atom. The number of hydrogen-bond acceptors (Lipinski definition) is 3. The van der Waals surface area contributed by atoms with Crippen LogP contribution < -0.4 is 10.5 Å². The number of methoxy groups -OCH3 is 1. The molecule has 4 heteroatoms. The highest BCUT2D eigenvalue weighted by molar-refractivity contribution is 9.10. The average Bonchev–Trinajstić information content (AvgIpc) is 2.30. The molecule has 0 radical (unpaired) electrons. The van der Waals surface area contributed by atoms with Crippen LogP contribution >= 0.6 is 15.9 Å². The average molecular weight is 288 g/mol.